The minimum Gasteiger partial charge on any atom is -0.268 e. The van der Waals surface area contributed by atoms with Gasteiger partial charge in [0.1, 0.15) is 0 Å². The smallest absolute Gasteiger partial charge is 0.267 e. The van der Waals surface area contributed by atoms with E-state index >= 15 is 0 Å². The fraction of sp³-hybridized carbons (Fsp3) is 0.263. The Kier molecular flexibility index (Phi) is 4.29. The second-order valence-corrected chi connectivity index (χ2v) is 8.37. The van der Waals surface area contributed by atoms with E-state index in [1.54, 1.807) is 10.7 Å². The van der Waals surface area contributed by atoms with Gasteiger partial charge in [0.15, 0.2) is 0 Å². The lowest BCUT2D eigenvalue weighted by molar-refractivity contribution is 0.638. The molecule has 5 heteroatoms. The van der Waals surface area contributed by atoms with Crippen molar-refractivity contribution in [2.75, 3.05) is 5.75 Å². The Hall–Kier alpha value is -1.85. The van der Waals surface area contributed by atoms with E-state index in [-0.39, 0.29) is 5.56 Å². The lowest BCUT2D eigenvalue weighted by Crippen LogP contribution is -2.24. The molecule has 0 spiro atoms. The molecule has 0 atom stereocenters. The number of aryl methyl sites for hydroxylation is 2. The van der Waals surface area contributed by atoms with E-state index in [0.29, 0.717) is 6.54 Å². The van der Waals surface area contributed by atoms with Gasteiger partial charge in [-0.25, -0.2) is 4.68 Å². The van der Waals surface area contributed by atoms with Gasteiger partial charge < -0.3 is 0 Å². The van der Waals surface area contributed by atoms with Gasteiger partial charge in [-0.2, -0.15) is 5.10 Å². The van der Waals surface area contributed by atoms with Crippen molar-refractivity contribution < 1.29 is 0 Å². The molecule has 0 amide bonds. The molecule has 3 aromatic rings. The number of aromatic nitrogens is 2. The molecule has 0 radical (unpaired) electrons. The Morgan fingerprint density at radius 3 is 2.83 bits per heavy atom. The van der Waals surface area contributed by atoms with Crippen LogP contribution >= 0.6 is 23.1 Å². The zero-order valence-electron chi connectivity index (χ0n) is 13.5. The molecule has 3 nitrogen and oxygen atoms in total. The predicted octanol–water partition coefficient (Wildman–Crippen LogP) is 4.23. The van der Waals surface area contributed by atoms with E-state index in [2.05, 4.69) is 13.0 Å². The maximum atomic E-state index is 12.5. The van der Waals surface area contributed by atoms with Crippen LogP contribution in [0.25, 0.3) is 11.3 Å². The van der Waals surface area contributed by atoms with Crippen molar-refractivity contribution in [2.45, 2.75) is 30.5 Å². The first-order valence-corrected chi connectivity index (χ1v) is 9.95. The average molecular weight is 354 g/mol. The molecular weight excluding hydrogens is 336 g/mol. The lowest BCUT2D eigenvalue weighted by atomic mass is 10.1. The average Bonchev–Trinajstić information content (AvgIpc) is 2.94. The summed E-state index contributed by atoms with van der Waals surface area (Å²) >= 11 is 3.75. The highest BCUT2D eigenvalue weighted by molar-refractivity contribution is 8.01. The third-order valence-corrected chi connectivity index (χ3v) is 6.78. The van der Waals surface area contributed by atoms with Gasteiger partial charge >= 0.3 is 0 Å². The number of rotatable bonds is 3. The van der Waals surface area contributed by atoms with Gasteiger partial charge in [-0.15, -0.1) is 23.1 Å². The van der Waals surface area contributed by atoms with E-state index in [9.17, 15) is 4.79 Å². The number of hydrogen-bond donors (Lipinski definition) is 0. The molecule has 1 aliphatic heterocycles. The van der Waals surface area contributed by atoms with Crippen molar-refractivity contribution >= 4 is 23.1 Å². The van der Waals surface area contributed by atoms with Gasteiger partial charge in [-0.1, -0.05) is 37.3 Å². The fourth-order valence-corrected chi connectivity index (χ4v) is 5.39. The number of benzene rings is 1. The zero-order valence-corrected chi connectivity index (χ0v) is 15.1. The molecule has 0 bridgehead atoms. The molecule has 24 heavy (non-hydrogen) atoms. The molecule has 2 aromatic heterocycles. The molecule has 0 aliphatic carbocycles. The summed E-state index contributed by atoms with van der Waals surface area (Å²) in [4.78, 5) is 13.9. The first kappa shape index (κ1) is 15.7. The molecular formula is C19H18N2OS2. The molecule has 0 unspecified atom stereocenters. The summed E-state index contributed by atoms with van der Waals surface area (Å²) in [5.74, 6) is 1.01. The standard InChI is InChI=1S/C19H18N2OS2/c1-2-15-11-16-18-14(8-9-23-19(16)24-15)10-17(22)21(20-18)12-13-6-4-3-5-7-13/h3-7,10-11H,2,8-9,12H2,1H3. The van der Waals surface area contributed by atoms with Gasteiger partial charge in [0.25, 0.3) is 5.56 Å². The minimum absolute atomic E-state index is 0.0167. The van der Waals surface area contributed by atoms with Gasteiger partial charge in [0.2, 0.25) is 0 Å². The summed E-state index contributed by atoms with van der Waals surface area (Å²) in [6.07, 6.45) is 1.94. The van der Waals surface area contributed by atoms with E-state index in [4.69, 9.17) is 5.10 Å². The van der Waals surface area contributed by atoms with Crippen LogP contribution in [0.4, 0.5) is 0 Å². The van der Waals surface area contributed by atoms with Crippen molar-refractivity contribution in [3.63, 3.8) is 0 Å². The monoisotopic (exact) mass is 354 g/mol. The van der Waals surface area contributed by atoms with Crippen molar-refractivity contribution in [1.29, 1.82) is 0 Å². The van der Waals surface area contributed by atoms with Crippen molar-refractivity contribution in [3.8, 4) is 11.3 Å². The fourth-order valence-electron chi connectivity index (χ4n) is 2.94. The van der Waals surface area contributed by atoms with Gasteiger partial charge in [0, 0.05) is 22.3 Å². The Balaban J connectivity index is 1.82. The second kappa shape index (κ2) is 6.57. The van der Waals surface area contributed by atoms with E-state index in [0.717, 1.165) is 35.4 Å². The molecule has 0 fully saturated rings. The molecule has 122 valence electrons. The normalized spacial score (nSPS) is 13.2. The second-order valence-electron chi connectivity index (χ2n) is 5.87. The molecule has 0 saturated carbocycles. The number of thiophene rings is 1. The summed E-state index contributed by atoms with van der Waals surface area (Å²) in [5, 5.41) is 4.75. The van der Waals surface area contributed by atoms with Crippen LogP contribution in [-0.4, -0.2) is 15.5 Å². The predicted molar refractivity (Wildman–Crippen MR) is 101 cm³/mol. The SMILES string of the molecule is CCc1cc2c(s1)SCCc1cc(=O)n(Cc3ccccc3)nc1-2. The first-order valence-electron chi connectivity index (χ1n) is 8.15. The third-order valence-electron chi connectivity index (χ3n) is 4.21. The molecule has 4 rings (SSSR count). The first-order chi connectivity index (χ1) is 11.7. The Morgan fingerprint density at radius 2 is 2.04 bits per heavy atom. The lowest BCUT2D eigenvalue weighted by Gasteiger charge is -2.10. The van der Waals surface area contributed by atoms with Crippen molar-refractivity contribution in [2.24, 2.45) is 0 Å². The quantitative estimate of drug-likeness (QED) is 0.706. The maximum absolute atomic E-state index is 12.5. The maximum Gasteiger partial charge on any atom is 0.267 e. The summed E-state index contributed by atoms with van der Waals surface area (Å²) in [6, 6.07) is 14.1. The summed E-state index contributed by atoms with van der Waals surface area (Å²) in [5.41, 5.74) is 4.35. The van der Waals surface area contributed by atoms with Crippen LogP contribution < -0.4 is 5.56 Å². The summed E-state index contributed by atoms with van der Waals surface area (Å²) in [7, 11) is 0. The minimum atomic E-state index is -0.0167. The number of hydrogen-bond acceptors (Lipinski definition) is 4. The topological polar surface area (TPSA) is 34.9 Å². The Labute approximate surface area is 149 Å². The van der Waals surface area contributed by atoms with E-state index in [1.165, 1.54) is 14.6 Å². The van der Waals surface area contributed by atoms with Gasteiger partial charge in [-0.3, -0.25) is 4.79 Å². The van der Waals surface area contributed by atoms with Crippen molar-refractivity contribution in [1.82, 2.24) is 9.78 Å². The zero-order chi connectivity index (χ0) is 16.5. The van der Waals surface area contributed by atoms with Crippen LogP contribution in [0.2, 0.25) is 0 Å². The molecule has 3 heterocycles. The molecule has 0 saturated heterocycles. The van der Waals surface area contributed by atoms with Gasteiger partial charge in [-0.05, 0) is 30.0 Å². The van der Waals surface area contributed by atoms with Crippen LogP contribution in [0.15, 0.2) is 51.5 Å². The Bertz CT molecular complexity index is 928. The Morgan fingerprint density at radius 1 is 1.21 bits per heavy atom. The summed E-state index contributed by atoms with van der Waals surface area (Å²) < 4.78 is 2.93. The van der Waals surface area contributed by atoms with Crippen LogP contribution in [0.3, 0.4) is 0 Å². The van der Waals surface area contributed by atoms with E-state index < -0.39 is 0 Å². The third kappa shape index (κ3) is 2.94. The van der Waals surface area contributed by atoms with Gasteiger partial charge in [0.05, 0.1) is 16.4 Å². The molecule has 0 N–H and O–H groups in total. The summed E-state index contributed by atoms with van der Waals surface area (Å²) in [6.45, 7) is 2.70. The largest absolute Gasteiger partial charge is 0.268 e. The van der Waals surface area contributed by atoms with E-state index in [1.807, 2.05) is 53.4 Å². The highest BCUT2D eigenvalue weighted by Gasteiger charge is 2.20. The highest BCUT2D eigenvalue weighted by Crippen LogP contribution is 2.41. The number of nitrogens with zero attached hydrogens (tertiary/aromatic N) is 2. The number of fused-ring (bicyclic) bond motifs is 3. The van der Waals surface area contributed by atoms with Crippen LogP contribution in [0.1, 0.15) is 22.9 Å². The van der Waals surface area contributed by atoms with Crippen LogP contribution in [0.5, 0.6) is 0 Å². The number of thioether (sulfide) groups is 1. The van der Waals surface area contributed by atoms with Crippen molar-refractivity contribution in [3.05, 3.63) is 68.8 Å². The van der Waals surface area contributed by atoms with Crippen LogP contribution in [0, 0.1) is 0 Å². The van der Waals surface area contributed by atoms with Crippen LogP contribution in [-0.2, 0) is 19.4 Å². The molecule has 1 aliphatic rings. The molecule has 1 aromatic carbocycles. The highest BCUT2D eigenvalue weighted by atomic mass is 32.2.